The molecule has 8 heteroatoms. The van der Waals surface area contributed by atoms with Crippen molar-refractivity contribution in [2.75, 3.05) is 0 Å². The first-order valence-corrected chi connectivity index (χ1v) is 18.6. The molecule has 2 aromatic rings. The molecule has 0 fully saturated rings. The number of ether oxygens (including phenoxy) is 1. The Morgan fingerprint density at radius 2 is 1.40 bits per heavy atom. The van der Waals surface area contributed by atoms with Gasteiger partial charge in [0.15, 0.2) is 19.5 Å². The van der Waals surface area contributed by atoms with Crippen LogP contribution in [0.4, 0.5) is 0 Å². The van der Waals surface area contributed by atoms with Crippen LogP contribution in [0.1, 0.15) is 124 Å². The number of aliphatic carboxylic acids is 1. The number of carboxylic acid groups (broad SMARTS) is 1. The first kappa shape index (κ1) is 36.5. The first-order valence-electron chi connectivity index (χ1n) is 15.1. The van der Waals surface area contributed by atoms with Gasteiger partial charge in [-0.15, -0.1) is 11.3 Å². The highest BCUT2D eigenvalue weighted by molar-refractivity contribution is 7.10. The van der Waals surface area contributed by atoms with Crippen molar-refractivity contribution >= 4 is 42.4 Å². The largest absolute Gasteiger partial charge is 0.488 e. The number of hydrogen-bond acceptors (Lipinski definition) is 5. The lowest BCUT2D eigenvalue weighted by Gasteiger charge is -2.37. The van der Waals surface area contributed by atoms with Crippen molar-refractivity contribution in [1.82, 2.24) is 0 Å². The Balaban J connectivity index is 2.33. The lowest BCUT2D eigenvalue weighted by molar-refractivity contribution is -0.146. The van der Waals surface area contributed by atoms with Gasteiger partial charge in [-0.1, -0.05) is 60.6 Å². The molecule has 5 nitrogen and oxygen atoms in total. The third-order valence-electron chi connectivity index (χ3n) is 7.24. The van der Waals surface area contributed by atoms with Crippen LogP contribution < -0.4 is 4.74 Å². The zero-order chi connectivity index (χ0) is 32.1. The summed E-state index contributed by atoms with van der Waals surface area (Å²) in [4.78, 5) is 12.7. The lowest BCUT2D eigenvalue weighted by Crippen LogP contribution is -2.34. The van der Waals surface area contributed by atoms with Crippen LogP contribution in [0.25, 0.3) is 5.57 Å². The maximum absolute atomic E-state index is 11.5. The molecule has 2 rings (SSSR count). The molecule has 0 radical (unpaired) electrons. The van der Waals surface area contributed by atoms with Gasteiger partial charge in [0.1, 0.15) is 12.4 Å². The van der Waals surface area contributed by atoms with Crippen molar-refractivity contribution in [3.63, 3.8) is 0 Å². The monoisotopic (exact) mass is 632 g/mol. The molecule has 0 amide bonds. The molecule has 0 atom stereocenters. The number of rotatable bonds is 14. The molecule has 1 aromatic heterocycles. The SMILES string of the molecule is CCC(=CCC(C)(C)C(=O)O)c1csc(COc2ccc(C(C)(C)O[SiH2]C(C)(C)C)c(C(C)(C)O[SiH2]C(C)(C)C)c2)c1. The van der Waals surface area contributed by atoms with Crippen LogP contribution in [0.3, 0.4) is 0 Å². The second kappa shape index (κ2) is 13.9. The third kappa shape index (κ3) is 11.1. The Morgan fingerprint density at radius 3 is 1.90 bits per heavy atom. The maximum Gasteiger partial charge on any atom is 0.309 e. The van der Waals surface area contributed by atoms with Crippen molar-refractivity contribution in [3.8, 4) is 5.75 Å². The number of hydrogen-bond donors (Lipinski definition) is 1. The van der Waals surface area contributed by atoms with Gasteiger partial charge in [-0.3, -0.25) is 4.79 Å². The fraction of sp³-hybridized carbons (Fsp3) is 0.618. The molecule has 0 aliphatic carbocycles. The first-order chi connectivity index (χ1) is 19.1. The van der Waals surface area contributed by atoms with E-state index >= 15 is 0 Å². The summed E-state index contributed by atoms with van der Waals surface area (Å²) in [5, 5.41) is 12.0. The summed E-state index contributed by atoms with van der Waals surface area (Å²) in [6.07, 6.45) is 3.41. The molecule has 0 saturated carbocycles. The van der Waals surface area contributed by atoms with E-state index in [1.54, 1.807) is 25.2 Å². The molecule has 0 spiro atoms. The van der Waals surface area contributed by atoms with Crippen LogP contribution in [0.5, 0.6) is 5.75 Å². The van der Waals surface area contributed by atoms with Crippen LogP contribution in [0.2, 0.25) is 10.1 Å². The van der Waals surface area contributed by atoms with Gasteiger partial charge in [-0.2, -0.15) is 0 Å². The van der Waals surface area contributed by atoms with Gasteiger partial charge in [0.2, 0.25) is 0 Å². The maximum atomic E-state index is 11.5. The summed E-state index contributed by atoms with van der Waals surface area (Å²) >= 11 is 1.67. The second-order valence-electron chi connectivity index (χ2n) is 15.5. The Hall–Kier alpha value is -1.72. The highest BCUT2D eigenvalue weighted by Crippen LogP contribution is 2.40. The molecular formula is C34H56O5SSi2. The van der Waals surface area contributed by atoms with Crippen molar-refractivity contribution in [2.45, 2.75) is 131 Å². The van der Waals surface area contributed by atoms with E-state index in [1.165, 1.54) is 5.57 Å². The Kier molecular flexibility index (Phi) is 12.1. The topological polar surface area (TPSA) is 65.0 Å². The van der Waals surface area contributed by atoms with Crippen molar-refractivity contribution < 1.29 is 23.5 Å². The van der Waals surface area contributed by atoms with E-state index in [9.17, 15) is 9.90 Å². The molecule has 1 heterocycles. The predicted octanol–water partition coefficient (Wildman–Crippen LogP) is 8.73. The summed E-state index contributed by atoms with van der Waals surface area (Å²) in [6.45, 7) is 28.3. The van der Waals surface area contributed by atoms with Crippen molar-refractivity contribution in [2.24, 2.45) is 5.41 Å². The molecule has 0 saturated heterocycles. The third-order valence-corrected chi connectivity index (χ3v) is 11.6. The van der Waals surface area contributed by atoms with Crippen LogP contribution in [0, 0.1) is 5.41 Å². The molecule has 1 N–H and O–H groups in total. The fourth-order valence-corrected chi connectivity index (χ4v) is 7.02. The Morgan fingerprint density at radius 1 is 0.857 bits per heavy atom. The van der Waals surface area contributed by atoms with E-state index < -0.39 is 42.1 Å². The zero-order valence-corrected chi connectivity index (χ0v) is 32.1. The van der Waals surface area contributed by atoms with Gasteiger partial charge >= 0.3 is 5.97 Å². The highest BCUT2D eigenvalue weighted by Gasteiger charge is 2.34. The molecule has 42 heavy (non-hydrogen) atoms. The van der Waals surface area contributed by atoms with Gasteiger partial charge < -0.3 is 18.7 Å². The fourth-order valence-electron chi connectivity index (χ4n) is 4.30. The van der Waals surface area contributed by atoms with Gasteiger partial charge in [-0.25, -0.2) is 0 Å². The van der Waals surface area contributed by atoms with Crippen LogP contribution in [-0.4, -0.2) is 30.6 Å². The minimum atomic E-state index is -0.792. The van der Waals surface area contributed by atoms with E-state index in [0.717, 1.165) is 33.7 Å². The lowest BCUT2D eigenvalue weighted by atomic mass is 9.85. The van der Waals surface area contributed by atoms with Gasteiger partial charge in [0.05, 0.1) is 16.6 Å². The Labute approximate surface area is 264 Å². The number of carbonyl (C=O) groups is 1. The molecule has 0 aliphatic heterocycles. The van der Waals surface area contributed by atoms with Crippen LogP contribution >= 0.6 is 11.3 Å². The van der Waals surface area contributed by atoms with Gasteiger partial charge in [0, 0.05) is 4.88 Å². The summed E-state index contributed by atoms with van der Waals surface area (Å²) in [7, 11) is -1.56. The van der Waals surface area contributed by atoms with Crippen LogP contribution in [0.15, 0.2) is 35.7 Å². The minimum Gasteiger partial charge on any atom is -0.488 e. The van der Waals surface area contributed by atoms with E-state index in [-0.39, 0.29) is 10.1 Å². The number of allylic oxidation sites excluding steroid dienone is 2. The predicted molar refractivity (Wildman–Crippen MR) is 184 cm³/mol. The Bertz CT molecular complexity index is 1230. The minimum absolute atomic E-state index is 0.183. The van der Waals surface area contributed by atoms with Crippen molar-refractivity contribution in [1.29, 1.82) is 0 Å². The average Bonchev–Trinajstić information content (AvgIpc) is 3.33. The second-order valence-corrected chi connectivity index (χ2v) is 21.9. The van der Waals surface area contributed by atoms with Crippen molar-refractivity contribution in [3.05, 3.63) is 57.3 Å². The van der Waals surface area contributed by atoms with E-state index in [4.69, 9.17) is 13.6 Å². The van der Waals surface area contributed by atoms with Gasteiger partial charge in [0.25, 0.3) is 0 Å². The number of benzene rings is 1. The van der Waals surface area contributed by atoms with Crippen LogP contribution in [-0.2, 0) is 31.5 Å². The van der Waals surface area contributed by atoms with E-state index in [2.05, 4.69) is 112 Å². The normalized spacial score (nSPS) is 14.5. The molecule has 236 valence electrons. The molecule has 1 aromatic carbocycles. The zero-order valence-electron chi connectivity index (χ0n) is 28.5. The summed E-state index contributed by atoms with van der Waals surface area (Å²) < 4.78 is 19.7. The van der Waals surface area contributed by atoms with Gasteiger partial charge in [-0.05, 0) is 110 Å². The summed E-state index contributed by atoms with van der Waals surface area (Å²) in [6, 6.07) is 8.53. The molecule has 0 aliphatic rings. The molecular weight excluding hydrogens is 577 g/mol. The summed E-state index contributed by atoms with van der Waals surface area (Å²) in [5.41, 5.74) is 2.89. The highest BCUT2D eigenvalue weighted by atomic mass is 32.1. The number of carboxylic acids is 1. The molecule has 0 bridgehead atoms. The average molecular weight is 633 g/mol. The summed E-state index contributed by atoms with van der Waals surface area (Å²) in [5.74, 6) is 0.0377. The van der Waals surface area contributed by atoms with E-state index in [1.807, 2.05) is 0 Å². The molecule has 0 unspecified atom stereocenters. The quantitative estimate of drug-likeness (QED) is 0.211. The van der Waals surface area contributed by atoms with E-state index in [0.29, 0.717) is 13.0 Å². The smallest absolute Gasteiger partial charge is 0.309 e. The number of thiophene rings is 1. The standard InChI is InChI=1S/C34H56O5SSi2/c1-14-23(17-18-32(8,9)29(35)36)24-19-26(40-22-24)21-37-25-15-16-27(33(10,11)38-41-30(2,3)4)28(20-25)34(12,13)39-42-31(5,6)7/h15-17,19-20,22H,14,18,21,41-42H2,1-13H3,(H,35,36).